The van der Waals surface area contributed by atoms with Gasteiger partial charge in [-0.2, -0.15) is 4.98 Å². The third-order valence-electron chi connectivity index (χ3n) is 5.36. The summed E-state index contributed by atoms with van der Waals surface area (Å²) in [4.78, 5) is 13.5. The maximum absolute atomic E-state index is 12.2. The molecule has 5 rings (SSSR count). The van der Waals surface area contributed by atoms with E-state index in [9.17, 15) is 13.5 Å². The van der Waals surface area contributed by atoms with Crippen molar-refractivity contribution in [2.75, 3.05) is 23.0 Å². The van der Waals surface area contributed by atoms with Gasteiger partial charge in [-0.1, -0.05) is 42.5 Å². The van der Waals surface area contributed by atoms with E-state index in [0.717, 1.165) is 5.56 Å². The predicted octanol–water partition coefficient (Wildman–Crippen LogP) is 3.82. The van der Waals surface area contributed by atoms with Crippen LogP contribution in [0.4, 0.5) is 17.5 Å². The Balaban J connectivity index is 1.48. The number of sulfone groups is 1. The van der Waals surface area contributed by atoms with Crippen molar-refractivity contribution in [2.24, 2.45) is 0 Å². The zero-order valence-corrected chi connectivity index (χ0v) is 18.7. The molecule has 0 spiro atoms. The standard InChI is InChI=1S/C24H21N5O4S/c30-15-20(16-5-2-1-3-6-16)28-22-19(23-25-10-11-33-23)14-26-24(29-22)27-18-8-9-21-17(13-18)7-4-12-34(21,31)32/h1-11,13-14,20,30H,12,15H2,(H2,26,27,28,29)/t20-/m1/s1. The van der Waals surface area contributed by atoms with Crippen molar-refractivity contribution in [3.05, 3.63) is 84.4 Å². The van der Waals surface area contributed by atoms with E-state index in [0.29, 0.717) is 33.4 Å². The maximum Gasteiger partial charge on any atom is 0.231 e. The van der Waals surface area contributed by atoms with E-state index in [1.165, 1.54) is 12.5 Å². The molecule has 1 aliphatic heterocycles. The van der Waals surface area contributed by atoms with Crippen molar-refractivity contribution in [1.29, 1.82) is 0 Å². The highest BCUT2D eigenvalue weighted by molar-refractivity contribution is 7.91. The first-order valence-corrected chi connectivity index (χ1v) is 12.2. The lowest BCUT2D eigenvalue weighted by molar-refractivity contribution is 0.276. The molecule has 0 bridgehead atoms. The number of aliphatic hydroxyl groups is 1. The third kappa shape index (κ3) is 4.41. The molecule has 1 atom stereocenters. The lowest BCUT2D eigenvalue weighted by atomic mass is 10.1. The van der Waals surface area contributed by atoms with E-state index in [-0.39, 0.29) is 18.3 Å². The van der Waals surface area contributed by atoms with Gasteiger partial charge in [-0.25, -0.2) is 18.4 Å². The second-order valence-electron chi connectivity index (χ2n) is 7.64. The van der Waals surface area contributed by atoms with Crippen LogP contribution >= 0.6 is 0 Å². The second kappa shape index (κ2) is 9.08. The summed E-state index contributed by atoms with van der Waals surface area (Å²) in [6, 6.07) is 14.1. The molecule has 0 fully saturated rings. The molecule has 172 valence electrons. The first-order valence-electron chi connectivity index (χ1n) is 10.5. The summed E-state index contributed by atoms with van der Waals surface area (Å²) in [5.74, 6) is 1.04. The number of hydrogen-bond acceptors (Lipinski definition) is 9. The van der Waals surface area contributed by atoms with Crippen LogP contribution in [0, 0.1) is 0 Å². The molecule has 3 heterocycles. The Morgan fingerprint density at radius 1 is 1.12 bits per heavy atom. The molecule has 4 aromatic rings. The number of fused-ring (bicyclic) bond motifs is 1. The van der Waals surface area contributed by atoms with E-state index in [2.05, 4.69) is 25.6 Å². The van der Waals surface area contributed by atoms with Crippen molar-refractivity contribution in [2.45, 2.75) is 10.9 Å². The molecule has 34 heavy (non-hydrogen) atoms. The highest BCUT2D eigenvalue weighted by atomic mass is 32.2. The fraction of sp³-hybridized carbons (Fsp3) is 0.125. The molecule has 0 amide bonds. The topological polar surface area (TPSA) is 130 Å². The SMILES string of the molecule is O=S1(=O)CC=Cc2cc(Nc3ncc(-c4ncco4)c(N[C@H](CO)c4ccccc4)n3)ccc21. The van der Waals surface area contributed by atoms with Crippen molar-refractivity contribution < 1.29 is 17.9 Å². The highest BCUT2D eigenvalue weighted by Gasteiger charge is 2.21. The fourth-order valence-electron chi connectivity index (χ4n) is 3.71. The summed E-state index contributed by atoms with van der Waals surface area (Å²) in [5.41, 5.74) is 2.66. The molecule has 0 radical (unpaired) electrons. The predicted molar refractivity (Wildman–Crippen MR) is 128 cm³/mol. The van der Waals surface area contributed by atoms with Gasteiger partial charge in [0, 0.05) is 11.9 Å². The van der Waals surface area contributed by atoms with Crippen LogP contribution in [-0.2, 0) is 9.84 Å². The molecule has 9 nitrogen and oxygen atoms in total. The zero-order chi connectivity index (χ0) is 23.5. The normalized spacial score (nSPS) is 14.9. The van der Waals surface area contributed by atoms with Gasteiger partial charge >= 0.3 is 0 Å². The molecule has 0 saturated heterocycles. The molecule has 0 saturated carbocycles. The minimum absolute atomic E-state index is 0.000626. The van der Waals surface area contributed by atoms with Crippen molar-refractivity contribution in [1.82, 2.24) is 15.0 Å². The van der Waals surface area contributed by atoms with Gasteiger partial charge < -0.3 is 20.2 Å². The number of anilines is 3. The van der Waals surface area contributed by atoms with E-state index in [1.807, 2.05) is 30.3 Å². The lowest BCUT2D eigenvalue weighted by Crippen LogP contribution is -2.17. The number of rotatable bonds is 7. The van der Waals surface area contributed by atoms with Crippen molar-refractivity contribution >= 4 is 33.4 Å². The largest absolute Gasteiger partial charge is 0.444 e. The summed E-state index contributed by atoms with van der Waals surface area (Å²) >= 11 is 0. The van der Waals surface area contributed by atoms with E-state index >= 15 is 0 Å². The molecule has 0 aliphatic carbocycles. The van der Waals surface area contributed by atoms with Gasteiger partial charge in [-0.15, -0.1) is 0 Å². The smallest absolute Gasteiger partial charge is 0.231 e. The number of benzene rings is 2. The van der Waals surface area contributed by atoms with E-state index < -0.39 is 15.9 Å². The Morgan fingerprint density at radius 3 is 2.74 bits per heavy atom. The van der Waals surface area contributed by atoms with Crippen LogP contribution in [0.5, 0.6) is 0 Å². The summed E-state index contributed by atoms with van der Waals surface area (Å²) < 4.78 is 29.9. The Labute approximate surface area is 196 Å². The van der Waals surface area contributed by atoms with Gasteiger partial charge in [-0.3, -0.25) is 0 Å². The molecule has 2 aromatic carbocycles. The number of aromatic nitrogens is 3. The van der Waals surface area contributed by atoms with Gasteiger partial charge in [0.2, 0.25) is 11.8 Å². The molecule has 10 heteroatoms. The molecule has 1 aliphatic rings. The fourth-order valence-corrected chi connectivity index (χ4v) is 5.00. The van der Waals surface area contributed by atoms with Gasteiger partial charge in [0.1, 0.15) is 12.1 Å². The Kier molecular flexibility index (Phi) is 5.83. The number of oxazole rings is 1. The second-order valence-corrected chi connectivity index (χ2v) is 9.65. The van der Waals surface area contributed by atoms with Crippen LogP contribution < -0.4 is 10.6 Å². The molecular formula is C24H21N5O4S. The minimum atomic E-state index is -3.31. The Hall–Kier alpha value is -4.02. The quantitative estimate of drug-likeness (QED) is 0.365. The average Bonchev–Trinajstić information content (AvgIpc) is 3.38. The van der Waals surface area contributed by atoms with Crippen LogP contribution in [0.25, 0.3) is 17.5 Å². The zero-order valence-electron chi connectivity index (χ0n) is 17.9. The van der Waals surface area contributed by atoms with Gasteiger partial charge in [-0.05, 0) is 29.3 Å². The molecule has 0 unspecified atom stereocenters. The number of nitrogens with one attached hydrogen (secondary N) is 2. The number of hydrogen-bond donors (Lipinski definition) is 3. The first-order chi connectivity index (χ1) is 16.5. The van der Waals surface area contributed by atoms with Crippen LogP contribution in [-0.4, -0.2) is 40.8 Å². The van der Waals surface area contributed by atoms with Crippen molar-refractivity contribution in [3.8, 4) is 11.5 Å². The van der Waals surface area contributed by atoms with Gasteiger partial charge in [0.25, 0.3) is 0 Å². The first kappa shape index (κ1) is 21.8. The Morgan fingerprint density at radius 2 is 1.97 bits per heavy atom. The maximum atomic E-state index is 12.2. The average molecular weight is 476 g/mol. The van der Waals surface area contributed by atoms with Crippen molar-refractivity contribution in [3.63, 3.8) is 0 Å². The monoisotopic (exact) mass is 475 g/mol. The molecule has 2 aromatic heterocycles. The minimum Gasteiger partial charge on any atom is -0.444 e. The summed E-state index contributed by atoms with van der Waals surface area (Å²) in [5, 5.41) is 16.4. The lowest BCUT2D eigenvalue weighted by Gasteiger charge is -2.19. The summed E-state index contributed by atoms with van der Waals surface area (Å²) in [6.07, 6.45) is 7.98. The number of nitrogens with zero attached hydrogens (tertiary/aromatic N) is 3. The number of aliphatic hydroxyl groups excluding tert-OH is 1. The molecule has 3 N–H and O–H groups in total. The van der Waals surface area contributed by atoms with E-state index in [4.69, 9.17) is 4.42 Å². The van der Waals surface area contributed by atoms with Gasteiger partial charge in [0.05, 0.1) is 35.1 Å². The molecular weight excluding hydrogens is 454 g/mol. The summed E-state index contributed by atoms with van der Waals surface area (Å²) in [6.45, 7) is -0.159. The highest BCUT2D eigenvalue weighted by Crippen LogP contribution is 2.31. The van der Waals surface area contributed by atoms with Crippen LogP contribution in [0.2, 0.25) is 0 Å². The van der Waals surface area contributed by atoms with Crippen LogP contribution in [0.1, 0.15) is 17.2 Å². The van der Waals surface area contributed by atoms with Gasteiger partial charge in [0.15, 0.2) is 9.84 Å². The van der Waals surface area contributed by atoms with Crippen LogP contribution in [0.15, 0.2) is 82.6 Å². The Bertz CT molecular complexity index is 1440. The van der Waals surface area contributed by atoms with E-state index in [1.54, 1.807) is 36.5 Å². The third-order valence-corrected chi connectivity index (χ3v) is 7.03. The summed E-state index contributed by atoms with van der Waals surface area (Å²) in [7, 11) is -3.31. The van der Waals surface area contributed by atoms with Crippen LogP contribution in [0.3, 0.4) is 0 Å².